The van der Waals surface area contributed by atoms with Crippen molar-refractivity contribution in [3.8, 4) is 11.5 Å². The minimum atomic E-state index is -0.662. The van der Waals surface area contributed by atoms with Crippen molar-refractivity contribution in [2.45, 2.75) is 46.6 Å². The number of Topliss-reactive ketones (excluding diaryl/α,β-unsaturated/α-hetero) is 1. The van der Waals surface area contributed by atoms with Crippen molar-refractivity contribution in [2.75, 3.05) is 18.7 Å². The van der Waals surface area contributed by atoms with E-state index >= 15 is 0 Å². The first kappa shape index (κ1) is 23.2. The maximum Gasteiger partial charge on any atom is 0.339 e. The number of aromatic nitrogens is 3. The van der Waals surface area contributed by atoms with Gasteiger partial charge in [-0.1, -0.05) is 13.8 Å². The molecule has 0 saturated carbocycles. The van der Waals surface area contributed by atoms with Crippen molar-refractivity contribution in [2.24, 2.45) is 0 Å². The van der Waals surface area contributed by atoms with Crippen molar-refractivity contribution in [1.29, 1.82) is 0 Å². The predicted octanol–water partition coefficient (Wildman–Crippen LogP) is 3.86. The van der Waals surface area contributed by atoms with E-state index < -0.39 is 18.5 Å². The van der Waals surface area contributed by atoms with E-state index in [0.717, 1.165) is 5.69 Å². The summed E-state index contributed by atoms with van der Waals surface area (Å²) in [7, 11) is 0. The van der Waals surface area contributed by atoms with Crippen molar-refractivity contribution in [1.82, 2.24) is 14.8 Å². The van der Waals surface area contributed by atoms with E-state index in [1.165, 1.54) is 19.1 Å². The number of fused-ring (bicyclic) bond motifs is 2. The molecule has 1 N–H and O–H groups in total. The highest BCUT2D eigenvalue weighted by Crippen LogP contribution is 2.37. The first-order valence-corrected chi connectivity index (χ1v) is 11.0. The molecule has 34 heavy (non-hydrogen) atoms. The van der Waals surface area contributed by atoms with Gasteiger partial charge in [-0.25, -0.2) is 14.5 Å². The van der Waals surface area contributed by atoms with E-state index in [2.05, 4.69) is 15.4 Å². The molecule has 1 aliphatic rings. The number of rotatable bonds is 7. The molecule has 0 bridgehead atoms. The molecule has 0 unspecified atom stereocenters. The van der Waals surface area contributed by atoms with Crippen LogP contribution in [-0.4, -0.2) is 45.8 Å². The molecule has 0 saturated heterocycles. The van der Waals surface area contributed by atoms with Crippen LogP contribution in [0.1, 0.15) is 73.0 Å². The van der Waals surface area contributed by atoms with Crippen LogP contribution in [-0.2, 0) is 9.53 Å². The van der Waals surface area contributed by atoms with Gasteiger partial charge in [-0.2, -0.15) is 5.10 Å². The predicted molar refractivity (Wildman–Crippen MR) is 123 cm³/mol. The zero-order valence-corrected chi connectivity index (χ0v) is 19.7. The second-order valence-corrected chi connectivity index (χ2v) is 8.60. The fraction of sp³-hybridized carbons (Fsp3) is 0.375. The number of hydrogen-bond donors (Lipinski definition) is 1. The van der Waals surface area contributed by atoms with Crippen LogP contribution in [0.25, 0.3) is 11.0 Å². The van der Waals surface area contributed by atoms with Crippen LogP contribution in [0.3, 0.4) is 0 Å². The topological polar surface area (TPSA) is 122 Å². The number of nitrogens with zero attached hydrogens (tertiary/aromatic N) is 3. The highest BCUT2D eigenvalue weighted by Gasteiger charge is 2.23. The number of nitrogens with one attached hydrogen (secondary N) is 1. The Morgan fingerprint density at radius 1 is 1.09 bits per heavy atom. The standard InChI is InChI=1S/C24H26N4O6/c1-12(2)18-6-16(17-9-25-28(13(3)4)23(17)27-18)24(31)32-10-22(30)26-19-8-21-20(33-11-34-21)7-15(19)14(5)29/h6-9,12-13H,10-11H2,1-5H3,(H,26,30). The molecule has 10 nitrogen and oxygen atoms in total. The average molecular weight is 466 g/mol. The Hall–Kier alpha value is -3.95. The van der Waals surface area contributed by atoms with E-state index in [0.29, 0.717) is 28.1 Å². The second kappa shape index (κ2) is 9.12. The van der Waals surface area contributed by atoms with Crippen molar-refractivity contribution < 1.29 is 28.6 Å². The Balaban J connectivity index is 1.53. The molecular formula is C24H26N4O6. The Kier molecular flexibility index (Phi) is 6.23. The lowest BCUT2D eigenvalue weighted by Gasteiger charge is -2.13. The van der Waals surface area contributed by atoms with Gasteiger partial charge in [-0.3, -0.25) is 9.59 Å². The largest absolute Gasteiger partial charge is 0.454 e. The zero-order valence-electron chi connectivity index (χ0n) is 19.7. The van der Waals surface area contributed by atoms with Crippen LogP contribution in [0.4, 0.5) is 5.69 Å². The van der Waals surface area contributed by atoms with Gasteiger partial charge in [-0.15, -0.1) is 0 Å². The highest BCUT2D eigenvalue weighted by molar-refractivity contribution is 6.06. The third kappa shape index (κ3) is 4.43. The summed E-state index contributed by atoms with van der Waals surface area (Å²) < 4.78 is 17.7. The fourth-order valence-electron chi connectivity index (χ4n) is 3.61. The summed E-state index contributed by atoms with van der Waals surface area (Å²) in [6, 6.07) is 4.75. The van der Waals surface area contributed by atoms with Gasteiger partial charge in [-0.05, 0) is 38.8 Å². The Morgan fingerprint density at radius 2 is 1.79 bits per heavy atom. The lowest BCUT2D eigenvalue weighted by molar-refractivity contribution is -0.119. The zero-order chi connectivity index (χ0) is 24.6. The summed E-state index contributed by atoms with van der Waals surface area (Å²) in [6.45, 7) is 8.78. The number of hydrogen-bond acceptors (Lipinski definition) is 8. The molecule has 3 aromatic rings. The van der Waals surface area contributed by atoms with Crippen LogP contribution in [0, 0.1) is 0 Å². The number of anilines is 1. The van der Waals surface area contributed by atoms with Crippen LogP contribution in [0.5, 0.6) is 11.5 Å². The Labute approximate surface area is 196 Å². The van der Waals surface area contributed by atoms with E-state index in [-0.39, 0.29) is 35.8 Å². The summed E-state index contributed by atoms with van der Waals surface area (Å²) in [4.78, 5) is 42.2. The third-order valence-electron chi connectivity index (χ3n) is 5.39. The van der Waals surface area contributed by atoms with Crippen molar-refractivity contribution in [3.63, 3.8) is 0 Å². The molecule has 0 atom stereocenters. The van der Waals surface area contributed by atoms with E-state index in [1.54, 1.807) is 16.9 Å². The van der Waals surface area contributed by atoms with Crippen molar-refractivity contribution in [3.05, 3.63) is 41.2 Å². The van der Waals surface area contributed by atoms with E-state index in [1.807, 2.05) is 27.7 Å². The molecule has 1 aliphatic heterocycles. The Morgan fingerprint density at radius 3 is 2.44 bits per heavy atom. The molecule has 1 aromatic carbocycles. The van der Waals surface area contributed by atoms with Gasteiger partial charge in [0.05, 0.1) is 22.8 Å². The van der Waals surface area contributed by atoms with E-state index in [9.17, 15) is 14.4 Å². The van der Waals surface area contributed by atoms with Gasteiger partial charge in [0, 0.05) is 23.4 Å². The van der Waals surface area contributed by atoms with Gasteiger partial charge in [0.2, 0.25) is 6.79 Å². The molecule has 178 valence electrons. The van der Waals surface area contributed by atoms with Crippen LogP contribution < -0.4 is 14.8 Å². The van der Waals surface area contributed by atoms with Crippen LogP contribution in [0.15, 0.2) is 24.4 Å². The summed E-state index contributed by atoms with van der Waals surface area (Å²) in [5.41, 5.74) is 2.12. The minimum Gasteiger partial charge on any atom is -0.454 e. The maximum atomic E-state index is 12.9. The second-order valence-electron chi connectivity index (χ2n) is 8.60. The molecule has 2 aromatic heterocycles. The molecule has 0 aliphatic carbocycles. The number of amides is 1. The lowest BCUT2D eigenvalue weighted by atomic mass is 10.1. The molecule has 10 heteroatoms. The molecular weight excluding hydrogens is 440 g/mol. The molecule has 4 rings (SSSR count). The molecule has 1 amide bonds. The number of ether oxygens (including phenoxy) is 3. The summed E-state index contributed by atoms with van der Waals surface area (Å²) in [6.07, 6.45) is 1.58. The highest BCUT2D eigenvalue weighted by atomic mass is 16.7. The first-order valence-electron chi connectivity index (χ1n) is 11.0. The van der Waals surface area contributed by atoms with Crippen LogP contribution in [0.2, 0.25) is 0 Å². The molecule has 0 spiro atoms. The maximum absolute atomic E-state index is 12.9. The molecule has 3 heterocycles. The van der Waals surface area contributed by atoms with Gasteiger partial charge in [0.25, 0.3) is 5.91 Å². The first-order chi connectivity index (χ1) is 16.2. The van der Waals surface area contributed by atoms with Crippen LogP contribution >= 0.6 is 0 Å². The van der Waals surface area contributed by atoms with E-state index in [4.69, 9.17) is 14.2 Å². The van der Waals surface area contributed by atoms with Gasteiger partial charge < -0.3 is 19.5 Å². The number of benzene rings is 1. The van der Waals surface area contributed by atoms with Gasteiger partial charge in [0.15, 0.2) is 29.5 Å². The van der Waals surface area contributed by atoms with Gasteiger partial charge in [0.1, 0.15) is 0 Å². The average Bonchev–Trinajstić information content (AvgIpc) is 3.42. The van der Waals surface area contributed by atoms with Crippen molar-refractivity contribution >= 4 is 34.4 Å². The monoisotopic (exact) mass is 466 g/mol. The number of carbonyl (C=O) groups is 3. The lowest BCUT2D eigenvalue weighted by Crippen LogP contribution is -2.22. The smallest absolute Gasteiger partial charge is 0.339 e. The number of carbonyl (C=O) groups excluding carboxylic acids is 3. The normalized spacial score (nSPS) is 12.4. The number of ketones is 1. The van der Waals surface area contributed by atoms with Gasteiger partial charge >= 0.3 is 5.97 Å². The molecule has 0 fully saturated rings. The minimum absolute atomic E-state index is 0.0356. The number of esters is 1. The summed E-state index contributed by atoms with van der Waals surface area (Å²) >= 11 is 0. The SMILES string of the molecule is CC(=O)c1cc2c(cc1NC(=O)COC(=O)c1cc(C(C)C)nc3c1cnn3C(C)C)OCO2. The molecule has 0 radical (unpaired) electrons. The quantitative estimate of drug-likeness (QED) is 0.411. The Bertz CT molecular complexity index is 1290. The summed E-state index contributed by atoms with van der Waals surface area (Å²) in [5, 5.41) is 7.52. The number of pyridine rings is 1. The summed E-state index contributed by atoms with van der Waals surface area (Å²) in [5.74, 6) is -0.592. The third-order valence-corrected chi connectivity index (χ3v) is 5.39. The fourth-order valence-corrected chi connectivity index (χ4v) is 3.61.